The zero-order valence-corrected chi connectivity index (χ0v) is 20.1. The summed E-state index contributed by atoms with van der Waals surface area (Å²) in [6, 6.07) is 22.0. The Balaban J connectivity index is 1.49. The number of thioether (sulfide) groups is 1. The minimum atomic E-state index is -3.76. The number of imide groups is 1. The van der Waals surface area contributed by atoms with E-state index in [0.29, 0.717) is 22.1 Å². The third-order valence-electron chi connectivity index (χ3n) is 4.92. The van der Waals surface area contributed by atoms with Crippen molar-refractivity contribution in [3.8, 4) is 11.5 Å². The number of sulfonamides is 1. The second kappa shape index (κ2) is 9.74. The maximum Gasteiger partial charge on any atom is 0.290 e. The van der Waals surface area contributed by atoms with E-state index in [0.717, 1.165) is 17.3 Å². The molecule has 1 aliphatic rings. The fourth-order valence-corrected chi connectivity index (χ4v) is 5.77. The lowest BCUT2D eigenvalue weighted by atomic mass is 10.2. The van der Waals surface area contributed by atoms with Gasteiger partial charge in [0.15, 0.2) is 0 Å². The highest BCUT2D eigenvalue weighted by Crippen LogP contribution is 2.30. The summed E-state index contributed by atoms with van der Waals surface area (Å²) < 4.78 is 33.8. The first kappa shape index (κ1) is 23.6. The van der Waals surface area contributed by atoms with Gasteiger partial charge in [0.05, 0.1) is 15.5 Å². The standard InChI is InChI=1S/C25H22N2O5S2/c1-17(2)27(19-6-4-3-5-7-19)34(30,31)22-14-12-21(13-15-22)32-20-10-8-18(9-11-20)16-23-24(28)26-25(29)33-23/h3-17H,1-2H3,(H,26,28,29). The molecule has 1 N–H and O–H groups in total. The summed E-state index contributed by atoms with van der Waals surface area (Å²) in [6.45, 7) is 3.66. The molecule has 3 aromatic rings. The van der Waals surface area contributed by atoms with Crippen LogP contribution in [0.15, 0.2) is 88.7 Å². The Bertz CT molecular complexity index is 1330. The molecule has 174 valence electrons. The van der Waals surface area contributed by atoms with Gasteiger partial charge in [0.2, 0.25) is 0 Å². The minimum Gasteiger partial charge on any atom is -0.457 e. The summed E-state index contributed by atoms with van der Waals surface area (Å²) in [5.41, 5.74) is 1.35. The Labute approximate surface area is 202 Å². The second-order valence-corrected chi connectivity index (χ2v) is 10.6. The molecule has 1 aliphatic heterocycles. The maximum absolute atomic E-state index is 13.3. The molecule has 34 heavy (non-hydrogen) atoms. The highest BCUT2D eigenvalue weighted by molar-refractivity contribution is 8.18. The van der Waals surface area contributed by atoms with E-state index in [9.17, 15) is 18.0 Å². The summed E-state index contributed by atoms with van der Waals surface area (Å²) in [4.78, 5) is 23.4. The van der Waals surface area contributed by atoms with Crippen molar-refractivity contribution in [2.45, 2.75) is 24.8 Å². The Morgan fingerprint density at radius 3 is 2.00 bits per heavy atom. The highest BCUT2D eigenvalue weighted by atomic mass is 32.2. The number of nitrogens with zero attached hydrogens (tertiary/aromatic N) is 1. The molecular formula is C25H22N2O5S2. The Hall–Kier alpha value is -3.56. The molecule has 0 unspecified atom stereocenters. The van der Waals surface area contributed by atoms with Crippen LogP contribution in [0.4, 0.5) is 10.5 Å². The van der Waals surface area contributed by atoms with Crippen molar-refractivity contribution >= 4 is 44.7 Å². The second-order valence-electron chi connectivity index (χ2n) is 7.72. The molecule has 1 fully saturated rings. The highest BCUT2D eigenvalue weighted by Gasteiger charge is 2.27. The van der Waals surface area contributed by atoms with Gasteiger partial charge in [-0.2, -0.15) is 0 Å². The van der Waals surface area contributed by atoms with Crippen LogP contribution in [-0.2, 0) is 14.8 Å². The number of amides is 2. The van der Waals surface area contributed by atoms with E-state index >= 15 is 0 Å². The van der Waals surface area contributed by atoms with Gasteiger partial charge in [-0.15, -0.1) is 0 Å². The summed E-state index contributed by atoms with van der Waals surface area (Å²) in [7, 11) is -3.76. The monoisotopic (exact) mass is 494 g/mol. The molecule has 0 saturated carbocycles. The molecule has 0 aliphatic carbocycles. The van der Waals surface area contributed by atoms with Gasteiger partial charge in [-0.25, -0.2) is 8.42 Å². The van der Waals surface area contributed by atoms with E-state index in [-0.39, 0.29) is 16.2 Å². The number of nitrogens with one attached hydrogen (secondary N) is 1. The van der Waals surface area contributed by atoms with Crippen molar-refractivity contribution < 1.29 is 22.7 Å². The predicted octanol–water partition coefficient (Wildman–Crippen LogP) is 5.41. The molecule has 0 radical (unpaired) electrons. The van der Waals surface area contributed by atoms with E-state index in [1.54, 1.807) is 66.7 Å². The molecule has 1 heterocycles. The lowest BCUT2D eigenvalue weighted by Crippen LogP contribution is -2.36. The first-order chi connectivity index (χ1) is 16.2. The molecule has 0 aromatic heterocycles. The number of ether oxygens (including phenoxy) is 1. The lowest BCUT2D eigenvalue weighted by molar-refractivity contribution is -0.115. The van der Waals surface area contributed by atoms with E-state index in [1.807, 2.05) is 19.9 Å². The van der Waals surface area contributed by atoms with Crippen LogP contribution in [0.25, 0.3) is 6.08 Å². The summed E-state index contributed by atoms with van der Waals surface area (Å²) in [5.74, 6) is 0.622. The topological polar surface area (TPSA) is 92.8 Å². The van der Waals surface area contributed by atoms with Crippen LogP contribution in [-0.4, -0.2) is 25.6 Å². The number of para-hydroxylation sites is 1. The molecule has 1 saturated heterocycles. The van der Waals surface area contributed by atoms with E-state index < -0.39 is 15.9 Å². The number of anilines is 1. The van der Waals surface area contributed by atoms with Crippen molar-refractivity contribution in [3.05, 3.63) is 89.3 Å². The smallest absolute Gasteiger partial charge is 0.290 e. The Kier molecular flexibility index (Phi) is 6.76. The summed E-state index contributed by atoms with van der Waals surface area (Å²) in [5, 5.41) is 1.83. The fourth-order valence-electron chi connectivity index (χ4n) is 3.42. The average Bonchev–Trinajstić information content (AvgIpc) is 3.12. The van der Waals surface area contributed by atoms with Crippen LogP contribution in [0.1, 0.15) is 19.4 Å². The van der Waals surface area contributed by atoms with E-state index in [1.165, 1.54) is 16.4 Å². The molecule has 3 aromatic carbocycles. The van der Waals surface area contributed by atoms with Gasteiger partial charge in [-0.3, -0.25) is 19.2 Å². The number of carbonyl (C=O) groups excluding carboxylic acids is 2. The normalized spacial score (nSPS) is 15.0. The third kappa shape index (κ3) is 5.16. The molecule has 0 spiro atoms. The zero-order chi connectivity index (χ0) is 24.3. The molecule has 0 bridgehead atoms. The molecule has 4 rings (SSSR count). The predicted molar refractivity (Wildman–Crippen MR) is 133 cm³/mol. The third-order valence-corrected chi connectivity index (χ3v) is 7.74. The largest absolute Gasteiger partial charge is 0.457 e. The Morgan fingerprint density at radius 1 is 0.882 bits per heavy atom. The van der Waals surface area contributed by atoms with Crippen molar-refractivity contribution in [1.29, 1.82) is 0 Å². The first-order valence-electron chi connectivity index (χ1n) is 10.5. The number of benzene rings is 3. The number of carbonyl (C=O) groups is 2. The molecule has 9 heteroatoms. The quantitative estimate of drug-likeness (QED) is 0.442. The van der Waals surface area contributed by atoms with Crippen LogP contribution in [0.2, 0.25) is 0 Å². The maximum atomic E-state index is 13.3. The first-order valence-corrected chi connectivity index (χ1v) is 12.7. The van der Waals surface area contributed by atoms with Crippen molar-refractivity contribution in [2.24, 2.45) is 0 Å². The Morgan fingerprint density at radius 2 is 1.47 bits per heavy atom. The number of hydrogen-bond donors (Lipinski definition) is 1. The number of rotatable bonds is 7. The fraction of sp³-hybridized carbons (Fsp3) is 0.120. The van der Waals surface area contributed by atoms with Gasteiger partial charge >= 0.3 is 0 Å². The number of hydrogen-bond acceptors (Lipinski definition) is 6. The van der Waals surface area contributed by atoms with Crippen molar-refractivity contribution in [2.75, 3.05) is 4.31 Å². The van der Waals surface area contributed by atoms with Crippen LogP contribution < -0.4 is 14.4 Å². The van der Waals surface area contributed by atoms with Crippen LogP contribution in [0, 0.1) is 0 Å². The average molecular weight is 495 g/mol. The van der Waals surface area contributed by atoms with Gasteiger partial charge < -0.3 is 4.74 Å². The SMILES string of the molecule is CC(C)N(c1ccccc1)S(=O)(=O)c1ccc(Oc2ccc(C=C3SC(=O)NC3=O)cc2)cc1. The van der Waals surface area contributed by atoms with Crippen LogP contribution in [0.3, 0.4) is 0 Å². The van der Waals surface area contributed by atoms with Crippen molar-refractivity contribution in [1.82, 2.24) is 5.32 Å². The molecule has 0 atom stereocenters. The van der Waals surface area contributed by atoms with Gasteiger partial charge in [-0.05, 0) is 85.8 Å². The van der Waals surface area contributed by atoms with Gasteiger partial charge in [0.25, 0.3) is 21.2 Å². The minimum absolute atomic E-state index is 0.168. The zero-order valence-electron chi connectivity index (χ0n) is 18.5. The van der Waals surface area contributed by atoms with Crippen molar-refractivity contribution in [3.63, 3.8) is 0 Å². The molecule has 7 nitrogen and oxygen atoms in total. The molecule has 2 amide bonds. The molecular weight excluding hydrogens is 472 g/mol. The van der Waals surface area contributed by atoms with Gasteiger partial charge in [0, 0.05) is 6.04 Å². The van der Waals surface area contributed by atoms with Crippen LogP contribution >= 0.6 is 11.8 Å². The summed E-state index contributed by atoms with van der Waals surface area (Å²) in [6.07, 6.45) is 1.63. The van der Waals surface area contributed by atoms with Gasteiger partial charge in [0.1, 0.15) is 11.5 Å². The summed E-state index contributed by atoms with van der Waals surface area (Å²) >= 11 is 0.858. The van der Waals surface area contributed by atoms with E-state index in [4.69, 9.17) is 4.74 Å². The van der Waals surface area contributed by atoms with Gasteiger partial charge in [-0.1, -0.05) is 30.3 Å². The van der Waals surface area contributed by atoms with E-state index in [2.05, 4.69) is 5.32 Å². The van der Waals surface area contributed by atoms with Crippen LogP contribution in [0.5, 0.6) is 11.5 Å². The lowest BCUT2D eigenvalue weighted by Gasteiger charge is -2.28.